The van der Waals surface area contributed by atoms with Crippen molar-refractivity contribution in [2.45, 2.75) is 59.4 Å². The number of nitrogens with zero attached hydrogens (tertiary/aromatic N) is 4. The fourth-order valence-electron chi connectivity index (χ4n) is 4.24. The Bertz CT molecular complexity index is 1050. The van der Waals surface area contributed by atoms with Gasteiger partial charge in [-0.15, -0.1) is 0 Å². The zero-order chi connectivity index (χ0) is 20.5. The van der Waals surface area contributed by atoms with Gasteiger partial charge >= 0.3 is 0 Å². The standard InChI is InChI=1S/C23H27N5O/c1-14-12-15(2)25-23(24-14)28-17(4)20(16(3)27-28)13-22(29)26-21-11-7-9-18-8-5-6-10-19(18)21/h5-6,8,10,12,21H,7,9,11,13H2,1-4H3,(H,26,29). The van der Waals surface area contributed by atoms with E-state index in [1.807, 2.05) is 39.8 Å². The number of amides is 1. The van der Waals surface area contributed by atoms with Gasteiger partial charge in [-0.05, 0) is 64.2 Å². The van der Waals surface area contributed by atoms with Crippen LogP contribution in [0.5, 0.6) is 0 Å². The minimum absolute atomic E-state index is 0.0267. The summed E-state index contributed by atoms with van der Waals surface area (Å²) in [4.78, 5) is 21.9. The molecule has 150 valence electrons. The number of benzene rings is 1. The minimum Gasteiger partial charge on any atom is -0.349 e. The number of carbonyl (C=O) groups excluding carboxylic acids is 1. The Morgan fingerprint density at radius 1 is 1.14 bits per heavy atom. The van der Waals surface area contributed by atoms with E-state index in [2.05, 4.69) is 38.6 Å². The van der Waals surface area contributed by atoms with Crippen LogP contribution in [0.1, 0.15) is 58.3 Å². The smallest absolute Gasteiger partial charge is 0.251 e. The number of aryl methyl sites for hydroxylation is 4. The van der Waals surface area contributed by atoms with Crippen LogP contribution in [0.2, 0.25) is 0 Å². The Morgan fingerprint density at radius 3 is 2.62 bits per heavy atom. The molecule has 0 saturated heterocycles. The van der Waals surface area contributed by atoms with Gasteiger partial charge in [-0.3, -0.25) is 4.79 Å². The lowest BCUT2D eigenvalue weighted by Gasteiger charge is -2.26. The molecule has 1 aliphatic carbocycles. The van der Waals surface area contributed by atoms with Gasteiger partial charge < -0.3 is 5.32 Å². The first-order valence-corrected chi connectivity index (χ1v) is 10.2. The highest BCUT2D eigenvalue weighted by Crippen LogP contribution is 2.29. The van der Waals surface area contributed by atoms with Crippen molar-refractivity contribution in [3.63, 3.8) is 0 Å². The van der Waals surface area contributed by atoms with Crippen molar-refractivity contribution in [1.29, 1.82) is 0 Å². The molecule has 1 atom stereocenters. The molecule has 0 bridgehead atoms. The van der Waals surface area contributed by atoms with E-state index in [0.29, 0.717) is 12.4 Å². The Morgan fingerprint density at radius 2 is 1.86 bits per heavy atom. The number of carbonyl (C=O) groups is 1. The van der Waals surface area contributed by atoms with Crippen LogP contribution in [0.3, 0.4) is 0 Å². The Balaban J connectivity index is 1.55. The monoisotopic (exact) mass is 389 g/mol. The fourth-order valence-corrected chi connectivity index (χ4v) is 4.24. The number of nitrogens with one attached hydrogen (secondary N) is 1. The van der Waals surface area contributed by atoms with Crippen LogP contribution in [0.15, 0.2) is 30.3 Å². The predicted octanol–water partition coefficient (Wildman–Crippen LogP) is 3.63. The van der Waals surface area contributed by atoms with Gasteiger partial charge in [0, 0.05) is 22.6 Å². The summed E-state index contributed by atoms with van der Waals surface area (Å²) >= 11 is 0. The first-order valence-electron chi connectivity index (χ1n) is 10.2. The number of fused-ring (bicyclic) bond motifs is 1. The lowest BCUT2D eigenvalue weighted by atomic mass is 9.87. The molecule has 6 heteroatoms. The van der Waals surface area contributed by atoms with Crippen LogP contribution < -0.4 is 5.32 Å². The molecule has 0 aliphatic heterocycles. The maximum absolute atomic E-state index is 12.9. The molecule has 0 saturated carbocycles. The molecule has 2 aromatic heterocycles. The van der Waals surface area contributed by atoms with Crippen molar-refractivity contribution in [3.8, 4) is 5.95 Å². The average Bonchev–Trinajstić information content (AvgIpc) is 2.96. The molecular weight excluding hydrogens is 362 g/mol. The summed E-state index contributed by atoms with van der Waals surface area (Å²) in [6.07, 6.45) is 3.48. The van der Waals surface area contributed by atoms with Crippen molar-refractivity contribution in [3.05, 3.63) is 69.8 Å². The average molecular weight is 390 g/mol. The zero-order valence-electron chi connectivity index (χ0n) is 17.5. The van der Waals surface area contributed by atoms with Crippen LogP contribution in [-0.4, -0.2) is 25.7 Å². The van der Waals surface area contributed by atoms with Crippen LogP contribution in [0, 0.1) is 27.7 Å². The largest absolute Gasteiger partial charge is 0.349 e. The van der Waals surface area contributed by atoms with Crippen LogP contribution in [0.25, 0.3) is 5.95 Å². The van der Waals surface area contributed by atoms with E-state index in [-0.39, 0.29) is 11.9 Å². The highest BCUT2D eigenvalue weighted by molar-refractivity contribution is 5.79. The molecule has 1 aromatic carbocycles. The second-order valence-corrected chi connectivity index (χ2v) is 7.90. The van der Waals surface area contributed by atoms with Crippen LogP contribution in [0.4, 0.5) is 0 Å². The first-order chi connectivity index (χ1) is 13.9. The van der Waals surface area contributed by atoms with Crippen molar-refractivity contribution >= 4 is 5.91 Å². The van der Waals surface area contributed by atoms with Gasteiger partial charge in [-0.2, -0.15) is 5.10 Å². The van der Waals surface area contributed by atoms with Gasteiger partial charge in [0.1, 0.15) is 0 Å². The Hall–Kier alpha value is -3.02. The molecule has 4 rings (SSSR count). The fraction of sp³-hybridized carbons (Fsp3) is 0.391. The number of hydrogen-bond acceptors (Lipinski definition) is 4. The molecule has 0 spiro atoms. The topological polar surface area (TPSA) is 72.7 Å². The molecule has 2 heterocycles. The molecule has 1 N–H and O–H groups in total. The second-order valence-electron chi connectivity index (χ2n) is 7.90. The quantitative estimate of drug-likeness (QED) is 0.739. The van der Waals surface area contributed by atoms with E-state index >= 15 is 0 Å². The van der Waals surface area contributed by atoms with Gasteiger partial charge in [0.05, 0.1) is 18.2 Å². The first kappa shape index (κ1) is 19.3. The Kier molecular flexibility index (Phi) is 5.18. The maximum atomic E-state index is 12.9. The van der Waals surface area contributed by atoms with E-state index in [9.17, 15) is 4.79 Å². The lowest BCUT2D eigenvalue weighted by Crippen LogP contribution is -2.32. The van der Waals surface area contributed by atoms with E-state index in [0.717, 1.165) is 47.6 Å². The van der Waals surface area contributed by atoms with Gasteiger partial charge in [0.25, 0.3) is 5.95 Å². The molecule has 1 aliphatic rings. The lowest BCUT2D eigenvalue weighted by molar-refractivity contribution is -0.121. The van der Waals surface area contributed by atoms with Gasteiger partial charge in [0.2, 0.25) is 5.91 Å². The van der Waals surface area contributed by atoms with E-state index < -0.39 is 0 Å². The maximum Gasteiger partial charge on any atom is 0.251 e. The van der Waals surface area contributed by atoms with E-state index in [1.165, 1.54) is 11.1 Å². The third-order valence-electron chi connectivity index (χ3n) is 5.64. The van der Waals surface area contributed by atoms with Crippen LogP contribution >= 0.6 is 0 Å². The van der Waals surface area contributed by atoms with Gasteiger partial charge in [-0.25, -0.2) is 14.6 Å². The van der Waals surface area contributed by atoms with Gasteiger partial charge in [0.15, 0.2) is 0 Å². The molecule has 29 heavy (non-hydrogen) atoms. The third-order valence-corrected chi connectivity index (χ3v) is 5.64. The summed E-state index contributed by atoms with van der Waals surface area (Å²) in [5.41, 5.74) is 7.08. The SMILES string of the molecule is Cc1cc(C)nc(-n2nc(C)c(CC(=O)NC3CCCc4ccccc43)c2C)n1. The third kappa shape index (κ3) is 3.92. The summed E-state index contributed by atoms with van der Waals surface area (Å²) in [5.74, 6) is 0.578. The number of rotatable bonds is 4. The van der Waals surface area contributed by atoms with E-state index in [1.54, 1.807) is 4.68 Å². The summed E-state index contributed by atoms with van der Waals surface area (Å²) < 4.78 is 1.74. The summed E-state index contributed by atoms with van der Waals surface area (Å²) in [6, 6.07) is 10.4. The predicted molar refractivity (Wildman–Crippen MR) is 112 cm³/mol. The number of hydrogen-bond donors (Lipinski definition) is 1. The van der Waals surface area contributed by atoms with Crippen molar-refractivity contribution < 1.29 is 4.79 Å². The Labute approximate surface area is 171 Å². The second kappa shape index (κ2) is 7.78. The van der Waals surface area contributed by atoms with Gasteiger partial charge in [-0.1, -0.05) is 24.3 Å². The highest BCUT2D eigenvalue weighted by atomic mass is 16.1. The minimum atomic E-state index is 0.0267. The molecular formula is C23H27N5O. The number of aromatic nitrogens is 4. The van der Waals surface area contributed by atoms with Crippen molar-refractivity contribution in [2.75, 3.05) is 0 Å². The van der Waals surface area contributed by atoms with Crippen molar-refractivity contribution in [1.82, 2.24) is 25.1 Å². The van der Waals surface area contributed by atoms with Crippen molar-refractivity contribution in [2.24, 2.45) is 0 Å². The summed E-state index contributed by atoms with van der Waals surface area (Å²) in [5, 5.41) is 7.85. The van der Waals surface area contributed by atoms with E-state index in [4.69, 9.17) is 0 Å². The van der Waals surface area contributed by atoms with Crippen LogP contribution in [-0.2, 0) is 17.6 Å². The highest BCUT2D eigenvalue weighted by Gasteiger charge is 2.23. The zero-order valence-corrected chi connectivity index (χ0v) is 17.5. The molecule has 1 unspecified atom stereocenters. The molecule has 1 amide bonds. The molecule has 3 aromatic rings. The molecule has 0 fully saturated rings. The normalized spacial score (nSPS) is 15.8. The molecule has 0 radical (unpaired) electrons. The molecule has 6 nitrogen and oxygen atoms in total. The summed E-state index contributed by atoms with van der Waals surface area (Å²) in [7, 11) is 0. The summed E-state index contributed by atoms with van der Waals surface area (Å²) in [6.45, 7) is 7.80.